The van der Waals surface area contributed by atoms with Crippen LogP contribution < -0.4 is 10.1 Å². The molecule has 0 radical (unpaired) electrons. The maximum Gasteiger partial charge on any atom is 0.123 e. The highest BCUT2D eigenvalue weighted by atomic mass is 16.5. The minimum absolute atomic E-state index is 0.619. The van der Waals surface area contributed by atoms with Gasteiger partial charge in [0.2, 0.25) is 0 Å². The maximum atomic E-state index is 5.55. The van der Waals surface area contributed by atoms with Crippen molar-refractivity contribution in [1.82, 2.24) is 10.2 Å². The summed E-state index contributed by atoms with van der Waals surface area (Å²) in [5.41, 5.74) is 2.62. The molecule has 3 heteroatoms. The molecule has 0 bridgehead atoms. The van der Waals surface area contributed by atoms with Gasteiger partial charge in [-0.1, -0.05) is 38.0 Å². The molecule has 0 aliphatic carbocycles. The van der Waals surface area contributed by atoms with Crippen molar-refractivity contribution in [1.29, 1.82) is 0 Å². The molecule has 0 aromatic heterocycles. The van der Waals surface area contributed by atoms with Crippen LogP contribution in [0.4, 0.5) is 0 Å². The first kappa shape index (κ1) is 16.3. The molecule has 118 valence electrons. The van der Waals surface area contributed by atoms with E-state index < -0.39 is 0 Å². The Morgan fingerprint density at radius 3 is 2.81 bits per heavy atom. The quantitative estimate of drug-likeness (QED) is 0.869. The summed E-state index contributed by atoms with van der Waals surface area (Å²) >= 11 is 0. The largest absolute Gasteiger partial charge is 0.496 e. The Balaban J connectivity index is 2.15. The minimum Gasteiger partial charge on any atom is -0.496 e. The summed E-state index contributed by atoms with van der Waals surface area (Å²) in [6.07, 6.45) is 3.70. The van der Waals surface area contributed by atoms with Crippen LogP contribution in [-0.4, -0.2) is 37.2 Å². The third-order valence-corrected chi connectivity index (χ3v) is 4.54. The van der Waals surface area contributed by atoms with Gasteiger partial charge in [-0.15, -0.1) is 0 Å². The van der Waals surface area contributed by atoms with E-state index in [1.807, 2.05) is 0 Å². The van der Waals surface area contributed by atoms with E-state index >= 15 is 0 Å². The van der Waals surface area contributed by atoms with Gasteiger partial charge in [0.05, 0.1) is 7.11 Å². The Hall–Kier alpha value is -1.06. The van der Waals surface area contributed by atoms with Crippen molar-refractivity contribution < 1.29 is 4.74 Å². The number of rotatable bonds is 6. The lowest BCUT2D eigenvalue weighted by Crippen LogP contribution is -2.55. The third kappa shape index (κ3) is 4.21. The number of benzene rings is 1. The predicted octanol–water partition coefficient (Wildman–Crippen LogP) is 3.36. The van der Waals surface area contributed by atoms with Crippen molar-refractivity contribution in [2.24, 2.45) is 0 Å². The Morgan fingerprint density at radius 1 is 1.33 bits per heavy atom. The van der Waals surface area contributed by atoms with Gasteiger partial charge < -0.3 is 10.1 Å². The molecule has 3 nitrogen and oxygen atoms in total. The van der Waals surface area contributed by atoms with Crippen molar-refractivity contribution >= 4 is 0 Å². The zero-order valence-corrected chi connectivity index (χ0v) is 14.0. The SMILES string of the molecule is CCCC1CNC(CC)CN1Cc1cc(C)ccc1OC. The van der Waals surface area contributed by atoms with E-state index in [0.717, 1.165) is 25.4 Å². The topological polar surface area (TPSA) is 24.5 Å². The number of nitrogens with one attached hydrogen (secondary N) is 1. The van der Waals surface area contributed by atoms with Gasteiger partial charge in [-0.05, 0) is 25.8 Å². The molecule has 1 saturated heterocycles. The monoisotopic (exact) mass is 290 g/mol. The molecule has 21 heavy (non-hydrogen) atoms. The van der Waals surface area contributed by atoms with Gasteiger partial charge in [-0.2, -0.15) is 0 Å². The highest BCUT2D eigenvalue weighted by Crippen LogP contribution is 2.24. The van der Waals surface area contributed by atoms with Gasteiger partial charge in [-0.3, -0.25) is 4.90 Å². The normalized spacial score (nSPS) is 23.2. The minimum atomic E-state index is 0.619. The first-order valence-corrected chi connectivity index (χ1v) is 8.28. The number of ether oxygens (including phenoxy) is 1. The molecule has 1 fully saturated rings. The Bertz CT molecular complexity index is 447. The highest BCUT2D eigenvalue weighted by molar-refractivity contribution is 5.36. The predicted molar refractivity (Wildman–Crippen MR) is 88.9 cm³/mol. The summed E-state index contributed by atoms with van der Waals surface area (Å²) in [4.78, 5) is 2.64. The van der Waals surface area contributed by atoms with Crippen molar-refractivity contribution in [2.75, 3.05) is 20.2 Å². The molecule has 1 N–H and O–H groups in total. The van der Waals surface area contributed by atoms with E-state index in [2.05, 4.69) is 49.2 Å². The van der Waals surface area contributed by atoms with Gasteiger partial charge in [0.1, 0.15) is 5.75 Å². The summed E-state index contributed by atoms with van der Waals surface area (Å²) in [7, 11) is 1.77. The van der Waals surface area contributed by atoms with E-state index in [1.54, 1.807) is 7.11 Å². The van der Waals surface area contributed by atoms with E-state index in [1.165, 1.54) is 30.4 Å². The highest BCUT2D eigenvalue weighted by Gasteiger charge is 2.27. The average molecular weight is 290 g/mol. The van der Waals surface area contributed by atoms with E-state index in [-0.39, 0.29) is 0 Å². The van der Waals surface area contributed by atoms with Crippen LogP contribution in [0.15, 0.2) is 18.2 Å². The Morgan fingerprint density at radius 2 is 2.14 bits per heavy atom. The summed E-state index contributed by atoms with van der Waals surface area (Å²) in [6.45, 7) is 9.94. The second-order valence-corrected chi connectivity index (χ2v) is 6.20. The number of aryl methyl sites for hydroxylation is 1. The van der Waals surface area contributed by atoms with E-state index in [9.17, 15) is 0 Å². The first-order valence-electron chi connectivity index (χ1n) is 8.28. The van der Waals surface area contributed by atoms with Crippen LogP contribution in [0.5, 0.6) is 5.75 Å². The molecule has 1 aromatic rings. The maximum absolute atomic E-state index is 5.55. The van der Waals surface area contributed by atoms with Crippen LogP contribution in [0.3, 0.4) is 0 Å². The molecule has 0 saturated carbocycles. The van der Waals surface area contributed by atoms with Gasteiger partial charge in [0.15, 0.2) is 0 Å². The lowest BCUT2D eigenvalue weighted by molar-refractivity contribution is 0.112. The average Bonchev–Trinajstić information content (AvgIpc) is 2.49. The molecule has 2 rings (SSSR count). The van der Waals surface area contributed by atoms with E-state index in [4.69, 9.17) is 4.74 Å². The molecule has 1 aromatic carbocycles. The molecule has 0 spiro atoms. The fourth-order valence-corrected chi connectivity index (χ4v) is 3.26. The van der Waals surface area contributed by atoms with Crippen LogP contribution in [0.1, 0.15) is 44.2 Å². The van der Waals surface area contributed by atoms with Gasteiger partial charge >= 0.3 is 0 Å². The van der Waals surface area contributed by atoms with Gasteiger partial charge in [-0.25, -0.2) is 0 Å². The Kier molecular flexibility index (Phi) is 6.07. The standard InChI is InChI=1S/C18H30N2O/c1-5-7-17-11-19-16(6-2)13-20(17)12-15-10-14(3)8-9-18(15)21-4/h8-10,16-17,19H,5-7,11-13H2,1-4H3. The molecular weight excluding hydrogens is 260 g/mol. The van der Waals surface area contributed by atoms with Crippen LogP contribution >= 0.6 is 0 Å². The molecule has 1 aliphatic rings. The van der Waals surface area contributed by atoms with Crippen molar-refractivity contribution in [2.45, 2.75) is 58.7 Å². The zero-order valence-electron chi connectivity index (χ0n) is 14.0. The smallest absolute Gasteiger partial charge is 0.123 e. The van der Waals surface area contributed by atoms with Crippen LogP contribution in [0, 0.1) is 6.92 Å². The lowest BCUT2D eigenvalue weighted by atomic mass is 10.0. The van der Waals surface area contributed by atoms with Crippen molar-refractivity contribution in [3.8, 4) is 5.75 Å². The van der Waals surface area contributed by atoms with Crippen LogP contribution in [0.25, 0.3) is 0 Å². The number of piperazine rings is 1. The molecule has 1 heterocycles. The van der Waals surface area contributed by atoms with E-state index in [0.29, 0.717) is 12.1 Å². The number of hydrogen-bond donors (Lipinski definition) is 1. The van der Waals surface area contributed by atoms with Crippen LogP contribution in [0.2, 0.25) is 0 Å². The first-order chi connectivity index (χ1) is 10.2. The fraction of sp³-hybridized carbons (Fsp3) is 0.667. The summed E-state index contributed by atoms with van der Waals surface area (Å²) in [6, 6.07) is 7.75. The molecular formula is C18H30N2O. The Labute approximate surface area is 129 Å². The van der Waals surface area contributed by atoms with Gasteiger partial charge in [0.25, 0.3) is 0 Å². The van der Waals surface area contributed by atoms with Crippen LogP contribution in [-0.2, 0) is 6.54 Å². The zero-order chi connectivity index (χ0) is 15.2. The third-order valence-electron chi connectivity index (χ3n) is 4.54. The summed E-state index contributed by atoms with van der Waals surface area (Å²) in [5.74, 6) is 1.02. The lowest BCUT2D eigenvalue weighted by Gasteiger charge is -2.40. The fourth-order valence-electron chi connectivity index (χ4n) is 3.26. The number of methoxy groups -OCH3 is 1. The number of hydrogen-bond acceptors (Lipinski definition) is 3. The summed E-state index contributed by atoms with van der Waals surface area (Å²) < 4.78 is 5.55. The molecule has 0 amide bonds. The second kappa shape index (κ2) is 7.81. The van der Waals surface area contributed by atoms with Crippen molar-refractivity contribution in [3.63, 3.8) is 0 Å². The van der Waals surface area contributed by atoms with Gasteiger partial charge in [0, 0.05) is 37.3 Å². The van der Waals surface area contributed by atoms with Crippen molar-refractivity contribution in [3.05, 3.63) is 29.3 Å². The molecule has 1 aliphatic heterocycles. The second-order valence-electron chi connectivity index (χ2n) is 6.20. The summed E-state index contributed by atoms with van der Waals surface area (Å²) in [5, 5.41) is 3.69. The molecule has 2 atom stereocenters. The molecule has 2 unspecified atom stereocenters. The number of nitrogens with zero attached hydrogens (tertiary/aromatic N) is 1.